The Morgan fingerprint density at radius 3 is 1.60 bits per heavy atom. The van der Waals surface area contributed by atoms with Crippen LogP contribution in [0.4, 0.5) is 0 Å². The molecule has 0 aromatic heterocycles. The predicted molar refractivity (Wildman–Crippen MR) is 142 cm³/mol. The minimum atomic E-state index is -0.508. The third-order valence-corrected chi connectivity index (χ3v) is 8.09. The molecular weight excluding hydrogens is 440 g/mol. The van der Waals surface area contributed by atoms with E-state index in [1.54, 1.807) is 0 Å². The average molecular weight is 495 g/mol. The molecule has 0 aromatic carbocycles. The lowest BCUT2D eigenvalue weighted by Crippen LogP contribution is -2.50. The summed E-state index contributed by atoms with van der Waals surface area (Å²) in [6.07, 6.45) is 8.38. The zero-order chi connectivity index (χ0) is 26.6. The highest BCUT2D eigenvalue weighted by Crippen LogP contribution is 2.38. The number of aliphatic hydroxyl groups is 2. The highest BCUT2D eigenvalue weighted by molar-refractivity contribution is 5.83. The third kappa shape index (κ3) is 8.45. The van der Waals surface area contributed by atoms with E-state index in [0.717, 1.165) is 57.8 Å². The van der Waals surface area contributed by atoms with Crippen LogP contribution in [0.2, 0.25) is 0 Å². The fourth-order valence-corrected chi connectivity index (χ4v) is 5.18. The second-order valence-corrected chi connectivity index (χ2v) is 13.3. The number of hydrogen-bond donors (Lipinski definition) is 2. The van der Waals surface area contributed by atoms with Crippen molar-refractivity contribution in [2.75, 3.05) is 13.2 Å². The molecular formula is C29H54N2O4. The summed E-state index contributed by atoms with van der Waals surface area (Å²) in [4.78, 5) is 30.8. The minimum Gasteiger partial charge on any atom is -0.394 e. The van der Waals surface area contributed by atoms with Gasteiger partial charge in [-0.3, -0.25) is 9.59 Å². The van der Waals surface area contributed by atoms with E-state index in [9.17, 15) is 19.8 Å². The van der Waals surface area contributed by atoms with Crippen molar-refractivity contribution in [3.63, 3.8) is 0 Å². The van der Waals surface area contributed by atoms with Crippen LogP contribution >= 0.6 is 0 Å². The minimum absolute atomic E-state index is 0.0196. The SMILES string of the molecule is CCC(C)C[C@@H](CO)N(C(=O)C(C)(C)CCC(C)C[C@H](CO)N(C(=O)C(C)(C)C)C1CC1)C1CC1. The van der Waals surface area contributed by atoms with Crippen LogP contribution < -0.4 is 0 Å². The van der Waals surface area contributed by atoms with Crippen molar-refractivity contribution in [2.45, 2.75) is 137 Å². The molecule has 2 fully saturated rings. The van der Waals surface area contributed by atoms with Crippen molar-refractivity contribution < 1.29 is 19.8 Å². The first-order valence-corrected chi connectivity index (χ1v) is 14.1. The maximum Gasteiger partial charge on any atom is 0.228 e. The lowest BCUT2D eigenvalue weighted by molar-refractivity contribution is -0.145. The van der Waals surface area contributed by atoms with Crippen LogP contribution in [0.25, 0.3) is 0 Å². The summed E-state index contributed by atoms with van der Waals surface area (Å²) in [5, 5.41) is 20.3. The lowest BCUT2D eigenvalue weighted by Gasteiger charge is -2.39. The van der Waals surface area contributed by atoms with Crippen LogP contribution in [0, 0.1) is 22.7 Å². The molecule has 6 nitrogen and oxygen atoms in total. The molecule has 2 aliphatic rings. The number of carbonyl (C=O) groups is 2. The molecule has 2 unspecified atom stereocenters. The van der Waals surface area contributed by atoms with Gasteiger partial charge in [-0.15, -0.1) is 0 Å². The van der Waals surface area contributed by atoms with Crippen molar-refractivity contribution in [1.29, 1.82) is 0 Å². The van der Waals surface area contributed by atoms with E-state index in [4.69, 9.17) is 0 Å². The number of aliphatic hydroxyl groups excluding tert-OH is 2. The molecule has 35 heavy (non-hydrogen) atoms. The van der Waals surface area contributed by atoms with Crippen LogP contribution in [0.15, 0.2) is 0 Å². The van der Waals surface area contributed by atoms with E-state index >= 15 is 0 Å². The molecule has 6 heteroatoms. The summed E-state index contributed by atoms with van der Waals surface area (Å²) < 4.78 is 0. The smallest absolute Gasteiger partial charge is 0.228 e. The topological polar surface area (TPSA) is 81.1 Å². The molecule has 2 N–H and O–H groups in total. The summed E-state index contributed by atoms with van der Waals surface area (Å²) in [6, 6.07) is 0.267. The van der Waals surface area contributed by atoms with E-state index in [1.165, 1.54) is 0 Å². The molecule has 0 bridgehead atoms. The number of amides is 2. The Labute approximate surface area is 214 Å². The molecule has 0 radical (unpaired) electrons. The van der Waals surface area contributed by atoms with E-state index in [1.807, 2.05) is 44.4 Å². The largest absolute Gasteiger partial charge is 0.394 e. The van der Waals surface area contributed by atoms with Crippen LogP contribution in [-0.2, 0) is 9.59 Å². The Bertz CT molecular complexity index is 693. The summed E-state index contributed by atoms with van der Waals surface area (Å²) in [5.41, 5.74) is -0.968. The predicted octanol–water partition coefficient (Wildman–Crippen LogP) is 5.01. The second kappa shape index (κ2) is 12.4. The summed E-state index contributed by atoms with van der Waals surface area (Å²) in [6.45, 7) is 16.5. The van der Waals surface area contributed by atoms with Crippen LogP contribution in [-0.4, -0.2) is 69.2 Å². The normalized spacial score (nSPS) is 20.2. The van der Waals surface area contributed by atoms with Gasteiger partial charge in [-0.05, 0) is 63.2 Å². The van der Waals surface area contributed by atoms with Crippen LogP contribution in [0.5, 0.6) is 0 Å². The van der Waals surface area contributed by atoms with Gasteiger partial charge in [0.2, 0.25) is 11.8 Å². The highest BCUT2D eigenvalue weighted by Gasteiger charge is 2.44. The molecule has 2 amide bonds. The van der Waals surface area contributed by atoms with Gasteiger partial charge in [0.15, 0.2) is 0 Å². The van der Waals surface area contributed by atoms with Gasteiger partial charge in [-0.2, -0.15) is 0 Å². The van der Waals surface area contributed by atoms with Gasteiger partial charge in [0, 0.05) is 22.9 Å². The Hall–Kier alpha value is -1.14. The van der Waals surface area contributed by atoms with Crippen LogP contribution in [0.1, 0.15) is 113 Å². The Balaban J connectivity index is 2.02. The molecule has 0 spiro atoms. The third-order valence-electron chi connectivity index (χ3n) is 8.09. The molecule has 204 valence electrons. The lowest BCUT2D eigenvalue weighted by atomic mass is 9.81. The Kier molecular flexibility index (Phi) is 10.7. The van der Waals surface area contributed by atoms with Crippen molar-refractivity contribution in [2.24, 2.45) is 22.7 Å². The Morgan fingerprint density at radius 2 is 1.23 bits per heavy atom. The van der Waals surface area contributed by atoms with Gasteiger partial charge in [0.05, 0.1) is 25.3 Å². The fourth-order valence-electron chi connectivity index (χ4n) is 5.18. The van der Waals surface area contributed by atoms with Gasteiger partial charge in [-0.25, -0.2) is 0 Å². The standard InChI is InChI=1S/C29H54N2O4/c1-9-20(2)16-24(18-32)31(23-12-13-23)27(35)29(7,8)15-14-21(3)17-25(19-33)30(22-10-11-22)26(34)28(4,5)6/h20-25,32-33H,9-19H2,1-8H3/t20?,21?,24-,25+/m0/s1. The number of rotatable bonds is 15. The molecule has 0 aliphatic heterocycles. The summed E-state index contributed by atoms with van der Waals surface area (Å²) >= 11 is 0. The fraction of sp³-hybridized carbons (Fsp3) is 0.931. The van der Waals surface area contributed by atoms with Gasteiger partial charge in [-0.1, -0.05) is 61.8 Å². The molecule has 2 saturated carbocycles. The zero-order valence-electron chi connectivity index (χ0n) is 23.8. The number of nitrogens with zero attached hydrogens (tertiary/aromatic N) is 2. The van der Waals surface area contributed by atoms with Gasteiger partial charge >= 0.3 is 0 Å². The van der Waals surface area contributed by atoms with E-state index in [-0.39, 0.29) is 55.1 Å². The first kappa shape index (κ1) is 30.1. The maximum absolute atomic E-state index is 13.7. The molecule has 2 aliphatic carbocycles. The average Bonchev–Trinajstić information content (AvgIpc) is 3.70. The van der Waals surface area contributed by atoms with Gasteiger partial charge in [0.1, 0.15) is 0 Å². The molecule has 4 atom stereocenters. The first-order valence-electron chi connectivity index (χ1n) is 14.1. The van der Waals surface area contributed by atoms with E-state index < -0.39 is 10.8 Å². The van der Waals surface area contributed by atoms with Crippen molar-refractivity contribution in [1.82, 2.24) is 9.80 Å². The first-order chi connectivity index (χ1) is 16.3. The van der Waals surface area contributed by atoms with Crippen molar-refractivity contribution in [3.05, 3.63) is 0 Å². The summed E-state index contributed by atoms with van der Waals surface area (Å²) in [7, 11) is 0. The van der Waals surface area contributed by atoms with Crippen molar-refractivity contribution in [3.8, 4) is 0 Å². The second-order valence-electron chi connectivity index (χ2n) is 13.3. The van der Waals surface area contributed by atoms with Crippen molar-refractivity contribution >= 4 is 11.8 Å². The molecule has 0 saturated heterocycles. The maximum atomic E-state index is 13.7. The quantitative estimate of drug-likeness (QED) is 0.335. The van der Waals surface area contributed by atoms with E-state index in [0.29, 0.717) is 5.92 Å². The highest BCUT2D eigenvalue weighted by atomic mass is 16.3. The monoisotopic (exact) mass is 494 g/mol. The number of hydrogen-bond acceptors (Lipinski definition) is 4. The summed E-state index contributed by atoms with van der Waals surface area (Å²) in [5.74, 6) is 1.05. The Morgan fingerprint density at radius 1 is 0.800 bits per heavy atom. The number of carbonyl (C=O) groups excluding carboxylic acids is 2. The van der Waals surface area contributed by atoms with Gasteiger partial charge < -0.3 is 20.0 Å². The molecule has 0 aromatic rings. The van der Waals surface area contributed by atoms with Gasteiger partial charge in [0.25, 0.3) is 0 Å². The zero-order valence-corrected chi connectivity index (χ0v) is 23.8. The van der Waals surface area contributed by atoms with Crippen LogP contribution in [0.3, 0.4) is 0 Å². The van der Waals surface area contributed by atoms with E-state index in [2.05, 4.69) is 20.8 Å². The molecule has 0 heterocycles. The molecule has 2 rings (SSSR count).